The van der Waals surface area contributed by atoms with E-state index in [-0.39, 0.29) is 18.0 Å². The van der Waals surface area contributed by atoms with E-state index in [1.54, 1.807) is 0 Å². The van der Waals surface area contributed by atoms with Gasteiger partial charge in [0.2, 0.25) is 5.91 Å². The van der Waals surface area contributed by atoms with Crippen LogP contribution in [0, 0.1) is 0 Å². The minimum atomic E-state index is -0.269. The Morgan fingerprint density at radius 2 is 2.15 bits per heavy atom. The van der Waals surface area contributed by atoms with Crippen molar-refractivity contribution < 1.29 is 9.53 Å². The van der Waals surface area contributed by atoms with Gasteiger partial charge in [-0.3, -0.25) is 4.79 Å². The molecule has 3 N–H and O–H groups in total. The molecule has 1 aliphatic heterocycles. The van der Waals surface area contributed by atoms with Crippen LogP contribution in [0.5, 0.6) is 0 Å². The first-order valence-corrected chi connectivity index (χ1v) is 7.05. The van der Waals surface area contributed by atoms with Gasteiger partial charge < -0.3 is 20.7 Å². The van der Waals surface area contributed by atoms with Crippen molar-refractivity contribution in [3.8, 4) is 0 Å². The van der Waals surface area contributed by atoms with Crippen molar-refractivity contribution in [3.05, 3.63) is 29.8 Å². The van der Waals surface area contributed by atoms with Crippen LogP contribution in [0.25, 0.3) is 0 Å². The van der Waals surface area contributed by atoms with Crippen molar-refractivity contribution in [2.45, 2.75) is 32.5 Å². The number of anilines is 1. The molecule has 1 fully saturated rings. The lowest BCUT2D eigenvalue weighted by Crippen LogP contribution is -2.55. The Hall–Kier alpha value is -1.59. The summed E-state index contributed by atoms with van der Waals surface area (Å²) in [6.07, 6.45) is 0. The molecule has 1 saturated heterocycles. The van der Waals surface area contributed by atoms with Crippen molar-refractivity contribution in [1.29, 1.82) is 0 Å². The summed E-state index contributed by atoms with van der Waals surface area (Å²) < 4.78 is 5.46. The van der Waals surface area contributed by atoms with Crippen molar-refractivity contribution in [3.63, 3.8) is 0 Å². The summed E-state index contributed by atoms with van der Waals surface area (Å²) in [6, 6.07) is 7.90. The molecule has 1 atom stereocenters. The highest BCUT2D eigenvalue weighted by Crippen LogP contribution is 2.20. The lowest BCUT2D eigenvalue weighted by Gasteiger charge is -2.36. The molecule has 5 heteroatoms. The zero-order chi connectivity index (χ0) is 14.5. The van der Waals surface area contributed by atoms with Crippen molar-refractivity contribution in [1.82, 2.24) is 5.32 Å². The van der Waals surface area contributed by atoms with Crippen molar-refractivity contribution in [2.24, 2.45) is 5.73 Å². The first kappa shape index (κ1) is 14.8. The monoisotopic (exact) mass is 277 g/mol. The standard InChI is InChI=1S/C15H23N3O2/c1-11(2)17-15(19)14-10-20-8-7-18(14)13-5-3-12(9-16)4-6-13/h3-6,11,14H,7-10,16H2,1-2H3,(H,17,19). The molecule has 0 saturated carbocycles. The number of nitrogens with one attached hydrogen (secondary N) is 1. The summed E-state index contributed by atoms with van der Waals surface area (Å²) in [5.41, 5.74) is 7.74. The lowest BCUT2D eigenvalue weighted by molar-refractivity contribution is -0.125. The van der Waals surface area contributed by atoms with Crippen LogP contribution in [0.3, 0.4) is 0 Å². The first-order chi connectivity index (χ1) is 9.61. The van der Waals surface area contributed by atoms with E-state index in [4.69, 9.17) is 10.5 Å². The van der Waals surface area contributed by atoms with E-state index < -0.39 is 0 Å². The quantitative estimate of drug-likeness (QED) is 0.857. The molecule has 0 aromatic heterocycles. The number of morpholine rings is 1. The molecule has 0 bridgehead atoms. The molecule has 110 valence electrons. The predicted octanol–water partition coefficient (Wildman–Crippen LogP) is 0.875. The fourth-order valence-electron chi connectivity index (χ4n) is 2.33. The van der Waals surface area contributed by atoms with Crippen LogP contribution in [0.1, 0.15) is 19.4 Å². The van der Waals surface area contributed by atoms with E-state index in [1.165, 1.54) is 0 Å². The number of nitrogens with two attached hydrogens (primary N) is 1. The third-order valence-electron chi connectivity index (χ3n) is 3.37. The Morgan fingerprint density at radius 3 is 2.75 bits per heavy atom. The normalized spacial score (nSPS) is 19.2. The predicted molar refractivity (Wildman–Crippen MR) is 79.6 cm³/mol. The topological polar surface area (TPSA) is 67.6 Å². The summed E-state index contributed by atoms with van der Waals surface area (Å²) >= 11 is 0. The smallest absolute Gasteiger partial charge is 0.245 e. The van der Waals surface area contributed by atoms with Crippen LogP contribution in [0.4, 0.5) is 5.69 Å². The number of carbonyl (C=O) groups excluding carboxylic acids is 1. The second kappa shape index (κ2) is 6.72. The molecule has 1 aromatic carbocycles. The second-order valence-electron chi connectivity index (χ2n) is 5.32. The van der Waals surface area contributed by atoms with Gasteiger partial charge in [-0.15, -0.1) is 0 Å². The fraction of sp³-hybridized carbons (Fsp3) is 0.533. The largest absolute Gasteiger partial charge is 0.377 e. The minimum Gasteiger partial charge on any atom is -0.377 e. The number of rotatable bonds is 4. The highest BCUT2D eigenvalue weighted by Gasteiger charge is 2.29. The van der Waals surface area contributed by atoms with Crippen LogP contribution < -0.4 is 16.0 Å². The maximum atomic E-state index is 12.3. The van der Waals surface area contributed by atoms with Crippen LogP contribution in [-0.2, 0) is 16.1 Å². The Balaban J connectivity index is 2.15. The van der Waals surface area contributed by atoms with E-state index in [1.807, 2.05) is 38.1 Å². The molecule has 1 aromatic rings. The number of ether oxygens (including phenoxy) is 1. The van der Waals surface area contributed by atoms with Gasteiger partial charge in [-0.1, -0.05) is 12.1 Å². The van der Waals surface area contributed by atoms with E-state index in [2.05, 4.69) is 10.2 Å². The van der Waals surface area contributed by atoms with Gasteiger partial charge in [0.05, 0.1) is 13.2 Å². The van der Waals surface area contributed by atoms with Crippen LogP contribution in [0.2, 0.25) is 0 Å². The lowest BCUT2D eigenvalue weighted by atomic mass is 10.1. The van der Waals surface area contributed by atoms with Gasteiger partial charge in [0.25, 0.3) is 0 Å². The summed E-state index contributed by atoms with van der Waals surface area (Å²) in [5, 5.41) is 2.95. The Morgan fingerprint density at radius 1 is 1.45 bits per heavy atom. The number of benzene rings is 1. The number of amides is 1. The van der Waals surface area contributed by atoms with E-state index in [0.29, 0.717) is 19.8 Å². The van der Waals surface area contributed by atoms with Gasteiger partial charge in [-0.05, 0) is 31.5 Å². The maximum absolute atomic E-state index is 12.3. The number of nitrogens with zero attached hydrogens (tertiary/aromatic N) is 1. The molecule has 1 amide bonds. The van der Waals surface area contributed by atoms with Crippen LogP contribution in [-0.4, -0.2) is 37.7 Å². The van der Waals surface area contributed by atoms with Crippen molar-refractivity contribution >= 4 is 11.6 Å². The summed E-state index contributed by atoms with van der Waals surface area (Å²) in [6.45, 7) is 6.24. The van der Waals surface area contributed by atoms with Crippen molar-refractivity contribution in [2.75, 3.05) is 24.7 Å². The van der Waals surface area contributed by atoms with Gasteiger partial charge >= 0.3 is 0 Å². The van der Waals surface area contributed by atoms with Gasteiger partial charge in [0.15, 0.2) is 0 Å². The molecular weight excluding hydrogens is 254 g/mol. The molecule has 0 radical (unpaired) electrons. The van der Waals surface area contributed by atoms with Gasteiger partial charge in [-0.2, -0.15) is 0 Å². The average molecular weight is 277 g/mol. The van der Waals surface area contributed by atoms with Gasteiger partial charge in [-0.25, -0.2) is 0 Å². The SMILES string of the molecule is CC(C)NC(=O)C1COCCN1c1ccc(CN)cc1. The van der Waals surface area contributed by atoms with E-state index in [0.717, 1.165) is 17.8 Å². The second-order valence-corrected chi connectivity index (χ2v) is 5.32. The third kappa shape index (κ3) is 3.49. The van der Waals surface area contributed by atoms with E-state index in [9.17, 15) is 4.79 Å². The molecule has 0 spiro atoms. The molecule has 0 aliphatic carbocycles. The number of carbonyl (C=O) groups is 1. The number of hydrogen-bond acceptors (Lipinski definition) is 4. The molecular formula is C15H23N3O2. The summed E-state index contributed by atoms with van der Waals surface area (Å²) in [7, 11) is 0. The highest BCUT2D eigenvalue weighted by atomic mass is 16.5. The molecule has 1 aliphatic rings. The van der Waals surface area contributed by atoms with Gasteiger partial charge in [0, 0.05) is 24.8 Å². The maximum Gasteiger partial charge on any atom is 0.245 e. The van der Waals surface area contributed by atoms with Crippen LogP contribution >= 0.6 is 0 Å². The zero-order valence-electron chi connectivity index (χ0n) is 12.1. The Bertz CT molecular complexity index is 445. The Kier molecular flexibility index (Phi) is 4.98. The zero-order valence-corrected chi connectivity index (χ0v) is 12.1. The van der Waals surface area contributed by atoms with Crippen LogP contribution in [0.15, 0.2) is 24.3 Å². The van der Waals surface area contributed by atoms with E-state index >= 15 is 0 Å². The minimum absolute atomic E-state index is 0.0163. The molecule has 1 unspecified atom stereocenters. The number of hydrogen-bond donors (Lipinski definition) is 2. The summed E-state index contributed by atoms with van der Waals surface area (Å²) in [5.74, 6) is 0.0163. The molecule has 1 heterocycles. The molecule has 2 rings (SSSR count). The molecule has 20 heavy (non-hydrogen) atoms. The highest BCUT2D eigenvalue weighted by molar-refractivity contribution is 5.85. The average Bonchev–Trinajstić information content (AvgIpc) is 2.46. The fourth-order valence-corrected chi connectivity index (χ4v) is 2.33. The van der Waals surface area contributed by atoms with Gasteiger partial charge in [0.1, 0.15) is 6.04 Å². The third-order valence-corrected chi connectivity index (χ3v) is 3.37. The Labute approximate surface area is 120 Å². The molecule has 5 nitrogen and oxygen atoms in total. The summed E-state index contributed by atoms with van der Waals surface area (Å²) in [4.78, 5) is 14.4. The first-order valence-electron chi connectivity index (χ1n) is 7.05.